The van der Waals surface area contributed by atoms with Crippen LogP contribution in [-0.2, 0) is 14.8 Å². The number of alkyl halides is 3. The molecule has 2 N–H and O–H groups in total. The summed E-state index contributed by atoms with van der Waals surface area (Å²) < 4.78 is 63.1. The van der Waals surface area contributed by atoms with E-state index < -0.39 is 22.8 Å². The molecule has 0 saturated carbocycles. The van der Waals surface area contributed by atoms with E-state index in [0.717, 1.165) is 6.26 Å². The smallest absolute Gasteiger partial charge is 0.372 e. The minimum Gasteiger partial charge on any atom is -0.372 e. The molecule has 0 aromatic rings. The van der Waals surface area contributed by atoms with Gasteiger partial charge in [0.25, 0.3) is 0 Å². The van der Waals surface area contributed by atoms with Crippen LogP contribution in [0.15, 0.2) is 0 Å². The van der Waals surface area contributed by atoms with E-state index in [1.165, 1.54) is 0 Å². The minimum absolute atomic E-state index is 0.0497. The lowest BCUT2D eigenvalue weighted by Gasteiger charge is -2.08. The number of nitrogens with one attached hydrogen (secondary N) is 2. The number of rotatable bonds is 10. The topological polar surface area (TPSA) is 67.4 Å². The molecule has 0 heterocycles. The van der Waals surface area contributed by atoms with Crippen molar-refractivity contribution in [1.82, 2.24) is 10.0 Å². The second-order valence-electron chi connectivity index (χ2n) is 3.79. The van der Waals surface area contributed by atoms with Crippen molar-refractivity contribution in [2.75, 3.05) is 39.1 Å². The lowest BCUT2D eigenvalue weighted by Crippen LogP contribution is -2.27. The van der Waals surface area contributed by atoms with Gasteiger partial charge in [-0.25, -0.2) is 13.1 Å². The first-order valence-corrected chi connectivity index (χ1v) is 7.40. The third kappa shape index (κ3) is 15.6. The van der Waals surface area contributed by atoms with Crippen LogP contribution in [0.3, 0.4) is 0 Å². The Kier molecular flexibility index (Phi) is 8.49. The van der Waals surface area contributed by atoms with Crippen LogP contribution in [0.1, 0.15) is 12.8 Å². The fourth-order valence-electron chi connectivity index (χ4n) is 1.08. The van der Waals surface area contributed by atoms with Crippen molar-refractivity contribution in [2.45, 2.75) is 19.0 Å². The summed E-state index contributed by atoms with van der Waals surface area (Å²) in [6, 6.07) is 0. The summed E-state index contributed by atoms with van der Waals surface area (Å²) >= 11 is 0. The van der Waals surface area contributed by atoms with Crippen molar-refractivity contribution in [3.63, 3.8) is 0 Å². The van der Waals surface area contributed by atoms with Gasteiger partial charge in [0.15, 0.2) is 0 Å². The Morgan fingerprint density at radius 1 is 1.11 bits per heavy atom. The molecule has 9 heteroatoms. The first-order valence-electron chi connectivity index (χ1n) is 5.50. The highest BCUT2D eigenvalue weighted by molar-refractivity contribution is 7.88. The van der Waals surface area contributed by atoms with Crippen molar-refractivity contribution >= 4 is 10.0 Å². The number of hydrogen-bond donors (Lipinski definition) is 2. The maximum atomic E-state index is 11.7. The molecule has 0 aromatic carbocycles. The van der Waals surface area contributed by atoms with Gasteiger partial charge < -0.3 is 10.1 Å². The predicted molar refractivity (Wildman–Crippen MR) is 61.8 cm³/mol. The van der Waals surface area contributed by atoms with Crippen molar-refractivity contribution < 1.29 is 26.3 Å². The number of halogens is 3. The molecule has 0 amide bonds. The summed E-state index contributed by atoms with van der Waals surface area (Å²) in [7, 11) is -3.15. The zero-order chi connectivity index (χ0) is 14.1. The number of hydrogen-bond acceptors (Lipinski definition) is 4. The molecule has 18 heavy (non-hydrogen) atoms. The maximum Gasteiger partial charge on any atom is 0.411 e. The van der Waals surface area contributed by atoms with Gasteiger partial charge in [0.05, 0.1) is 6.26 Å². The largest absolute Gasteiger partial charge is 0.411 e. The summed E-state index contributed by atoms with van der Waals surface area (Å²) in [5, 5.41) is 2.97. The lowest BCUT2D eigenvalue weighted by molar-refractivity contribution is -0.173. The van der Waals surface area contributed by atoms with Gasteiger partial charge in [0, 0.05) is 13.2 Å². The molecular formula is C9H19F3N2O3S. The molecule has 0 bridgehead atoms. The molecule has 0 saturated heterocycles. The van der Waals surface area contributed by atoms with Crippen molar-refractivity contribution in [1.29, 1.82) is 0 Å². The Bertz CT molecular complexity index is 307. The van der Waals surface area contributed by atoms with Crippen LogP contribution in [0.25, 0.3) is 0 Å². The highest BCUT2D eigenvalue weighted by atomic mass is 32.2. The van der Waals surface area contributed by atoms with Crippen LogP contribution in [0, 0.1) is 0 Å². The van der Waals surface area contributed by atoms with E-state index in [-0.39, 0.29) is 6.61 Å². The van der Waals surface area contributed by atoms with E-state index in [9.17, 15) is 21.6 Å². The Labute approximate surface area is 105 Å². The molecule has 0 rings (SSSR count). The molecule has 0 atom stereocenters. The summed E-state index contributed by atoms with van der Waals surface area (Å²) in [5.74, 6) is 0. The van der Waals surface area contributed by atoms with Crippen LogP contribution < -0.4 is 10.0 Å². The average molecular weight is 292 g/mol. The van der Waals surface area contributed by atoms with Crippen LogP contribution in [-0.4, -0.2) is 53.7 Å². The molecule has 0 spiro atoms. The summed E-state index contributed by atoms with van der Waals surface area (Å²) in [4.78, 5) is 0. The van der Waals surface area contributed by atoms with Gasteiger partial charge in [-0.15, -0.1) is 0 Å². The predicted octanol–water partition coefficient (Wildman–Crippen LogP) is 0.484. The summed E-state index contributed by atoms with van der Waals surface area (Å²) in [6.07, 6.45) is -2.09. The van der Waals surface area contributed by atoms with E-state index in [0.29, 0.717) is 32.5 Å². The molecule has 0 unspecified atom stereocenters. The van der Waals surface area contributed by atoms with E-state index in [1.54, 1.807) is 0 Å². The highest BCUT2D eigenvalue weighted by Gasteiger charge is 2.27. The summed E-state index contributed by atoms with van der Waals surface area (Å²) in [5.41, 5.74) is 0. The molecule has 0 aliphatic rings. The second kappa shape index (κ2) is 8.68. The fourth-order valence-corrected chi connectivity index (χ4v) is 1.60. The summed E-state index contributed by atoms with van der Waals surface area (Å²) in [6.45, 7) is 0.314. The van der Waals surface area contributed by atoms with Crippen molar-refractivity contribution in [3.05, 3.63) is 0 Å². The zero-order valence-electron chi connectivity index (χ0n) is 10.2. The third-order valence-corrected chi connectivity index (χ3v) is 2.53. The Balaban J connectivity index is 3.17. The van der Waals surface area contributed by atoms with Gasteiger partial charge in [-0.2, -0.15) is 13.2 Å². The Hall–Kier alpha value is -0.380. The molecule has 0 aliphatic heterocycles. The van der Waals surface area contributed by atoms with Gasteiger partial charge in [-0.05, 0) is 25.9 Å². The van der Waals surface area contributed by atoms with Crippen molar-refractivity contribution in [2.24, 2.45) is 0 Å². The highest BCUT2D eigenvalue weighted by Crippen LogP contribution is 2.14. The fraction of sp³-hybridized carbons (Fsp3) is 1.00. The molecular weight excluding hydrogens is 273 g/mol. The Morgan fingerprint density at radius 2 is 1.72 bits per heavy atom. The maximum absolute atomic E-state index is 11.7. The molecule has 110 valence electrons. The normalized spacial score (nSPS) is 12.9. The quantitative estimate of drug-likeness (QED) is 0.575. The van der Waals surface area contributed by atoms with E-state index >= 15 is 0 Å². The number of ether oxygens (including phenoxy) is 1. The Morgan fingerprint density at radius 3 is 2.28 bits per heavy atom. The van der Waals surface area contributed by atoms with Gasteiger partial charge in [0.2, 0.25) is 10.0 Å². The monoisotopic (exact) mass is 292 g/mol. The van der Waals surface area contributed by atoms with Crippen LogP contribution in [0.5, 0.6) is 0 Å². The third-order valence-electron chi connectivity index (χ3n) is 1.80. The SMILES string of the molecule is CS(=O)(=O)NCCCNCCCOCC(F)(F)F. The number of sulfonamides is 1. The minimum atomic E-state index is -4.27. The molecule has 5 nitrogen and oxygen atoms in total. The zero-order valence-corrected chi connectivity index (χ0v) is 11.0. The first kappa shape index (κ1) is 17.6. The van der Waals surface area contributed by atoms with E-state index in [2.05, 4.69) is 14.8 Å². The molecule has 0 aromatic heterocycles. The van der Waals surface area contributed by atoms with Gasteiger partial charge in [-0.1, -0.05) is 0 Å². The molecule has 0 aliphatic carbocycles. The standard InChI is InChI=1S/C9H19F3N2O3S/c1-18(15,16)14-6-2-4-13-5-3-7-17-8-9(10,11)12/h13-14H,2-8H2,1H3. The van der Waals surface area contributed by atoms with Crippen LogP contribution in [0.2, 0.25) is 0 Å². The second-order valence-corrected chi connectivity index (χ2v) is 5.62. The molecule has 0 fully saturated rings. The van der Waals surface area contributed by atoms with Gasteiger partial charge >= 0.3 is 6.18 Å². The van der Waals surface area contributed by atoms with Crippen LogP contribution in [0.4, 0.5) is 13.2 Å². The van der Waals surface area contributed by atoms with E-state index in [4.69, 9.17) is 0 Å². The average Bonchev–Trinajstić information content (AvgIpc) is 2.17. The molecule has 0 radical (unpaired) electrons. The van der Waals surface area contributed by atoms with Crippen LogP contribution >= 0.6 is 0 Å². The van der Waals surface area contributed by atoms with Gasteiger partial charge in [-0.3, -0.25) is 0 Å². The first-order chi connectivity index (χ1) is 8.21. The van der Waals surface area contributed by atoms with Crippen molar-refractivity contribution in [3.8, 4) is 0 Å². The van der Waals surface area contributed by atoms with Gasteiger partial charge in [0.1, 0.15) is 6.61 Å². The lowest BCUT2D eigenvalue weighted by atomic mass is 10.4. The van der Waals surface area contributed by atoms with E-state index in [1.807, 2.05) is 0 Å².